The summed E-state index contributed by atoms with van der Waals surface area (Å²) >= 11 is 4.26. The molecule has 1 fully saturated rings. The second-order valence-electron chi connectivity index (χ2n) is 4.26. The van der Waals surface area contributed by atoms with Gasteiger partial charge in [-0.2, -0.15) is 0 Å². The highest BCUT2D eigenvalue weighted by Gasteiger charge is 2.16. The highest BCUT2D eigenvalue weighted by molar-refractivity contribution is 7.80. The van der Waals surface area contributed by atoms with E-state index in [9.17, 15) is 4.79 Å². The fourth-order valence-corrected chi connectivity index (χ4v) is 2.32. The van der Waals surface area contributed by atoms with Gasteiger partial charge in [0, 0.05) is 23.5 Å². The van der Waals surface area contributed by atoms with Crippen LogP contribution < -0.4 is 0 Å². The minimum atomic E-state index is 0.151. The first-order valence-electron chi connectivity index (χ1n) is 5.86. The van der Waals surface area contributed by atoms with Gasteiger partial charge in [-0.1, -0.05) is 18.9 Å². The minimum absolute atomic E-state index is 0.151. The van der Waals surface area contributed by atoms with Crippen LogP contribution in [0.5, 0.6) is 0 Å². The second-order valence-corrected chi connectivity index (χ2v) is 4.77. The molecule has 1 heterocycles. The lowest BCUT2D eigenvalue weighted by atomic mass is 10.2. The Morgan fingerprint density at radius 1 is 1.12 bits per heavy atom. The maximum Gasteiger partial charge on any atom is 0.253 e. The van der Waals surface area contributed by atoms with Crippen LogP contribution in [0.4, 0.5) is 0 Å². The Kier molecular flexibility index (Phi) is 3.88. The van der Waals surface area contributed by atoms with Crippen molar-refractivity contribution < 1.29 is 4.79 Å². The molecule has 0 spiro atoms. The average molecular weight is 235 g/mol. The second kappa shape index (κ2) is 5.39. The van der Waals surface area contributed by atoms with Gasteiger partial charge in [-0.15, -0.1) is 12.6 Å². The van der Waals surface area contributed by atoms with Crippen LogP contribution in [-0.4, -0.2) is 23.9 Å². The van der Waals surface area contributed by atoms with Crippen LogP contribution in [0.3, 0.4) is 0 Å². The maximum absolute atomic E-state index is 12.2. The number of nitrogens with zero attached hydrogens (tertiary/aromatic N) is 1. The van der Waals surface area contributed by atoms with Crippen molar-refractivity contribution in [2.24, 2.45) is 0 Å². The van der Waals surface area contributed by atoms with Gasteiger partial charge in [0.2, 0.25) is 0 Å². The number of carbonyl (C=O) groups excluding carboxylic acids is 1. The Morgan fingerprint density at radius 2 is 1.81 bits per heavy atom. The van der Waals surface area contributed by atoms with E-state index in [1.165, 1.54) is 12.8 Å². The van der Waals surface area contributed by atoms with E-state index in [0.717, 1.165) is 36.4 Å². The molecule has 0 atom stereocenters. The molecule has 1 aromatic rings. The van der Waals surface area contributed by atoms with Crippen LogP contribution >= 0.6 is 12.6 Å². The minimum Gasteiger partial charge on any atom is -0.339 e. The zero-order chi connectivity index (χ0) is 11.4. The Balaban J connectivity index is 2.11. The van der Waals surface area contributed by atoms with Crippen molar-refractivity contribution in [3.63, 3.8) is 0 Å². The molecule has 0 aromatic heterocycles. The van der Waals surface area contributed by atoms with E-state index in [4.69, 9.17) is 0 Å². The van der Waals surface area contributed by atoms with Gasteiger partial charge in [-0.3, -0.25) is 4.79 Å². The molecule has 0 aliphatic carbocycles. The third-order valence-electron chi connectivity index (χ3n) is 2.99. The topological polar surface area (TPSA) is 20.3 Å². The van der Waals surface area contributed by atoms with Gasteiger partial charge in [-0.05, 0) is 31.0 Å². The highest BCUT2D eigenvalue weighted by Crippen LogP contribution is 2.15. The predicted molar refractivity (Wildman–Crippen MR) is 68.1 cm³/mol. The molecular formula is C13H17NOS. The van der Waals surface area contributed by atoms with Gasteiger partial charge in [0.15, 0.2) is 0 Å². The van der Waals surface area contributed by atoms with Crippen LogP contribution in [-0.2, 0) is 0 Å². The number of benzene rings is 1. The summed E-state index contributed by atoms with van der Waals surface area (Å²) in [6.45, 7) is 1.80. The van der Waals surface area contributed by atoms with Crippen LogP contribution in [0.15, 0.2) is 29.2 Å². The third kappa shape index (κ3) is 2.79. The van der Waals surface area contributed by atoms with Crippen molar-refractivity contribution >= 4 is 18.5 Å². The largest absolute Gasteiger partial charge is 0.339 e. The van der Waals surface area contributed by atoms with E-state index < -0.39 is 0 Å². The number of rotatable bonds is 1. The standard InChI is InChI=1S/C13H17NOS/c15-13(11-6-5-7-12(16)10-11)14-8-3-1-2-4-9-14/h5-7,10,16H,1-4,8-9H2. The molecule has 0 radical (unpaired) electrons. The Labute approximate surface area is 102 Å². The molecule has 16 heavy (non-hydrogen) atoms. The van der Waals surface area contributed by atoms with E-state index in [0.29, 0.717) is 0 Å². The molecule has 86 valence electrons. The Bertz CT molecular complexity index is 370. The van der Waals surface area contributed by atoms with Gasteiger partial charge in [0.1, 0.15) is 0 Å². The first-order chi connectivity index (χ1) is 7.77. The first kappa shape index (κ1) is 11.5. The van der Waals surface area contributed by atoms with Crippen molar-refractivity contribution in [1.29, 1.82) is 0 Å². The number of amides is 1. The molecule has 1 saturated heterocycles. The summed E-state index contributed by atoms with van der Waals surface area (Å²) in [5.74, 6) is 0.151. The van der Waals surface area contributed by atoms with Crippen molar-refractivity contribution in [3.05, 3.63) is 29.8 Å². The Hall–Kier alpha value is -0.960. The summed E-state index contributed by atoms with van der Waals surface area (Å²) in [4.78, 5) is 15.0. The van der Waals surface area contributed by atoms with Crippen molar-refractivity contribution in [1.82, 2.24) is 4.90 Å². The van der Waals surface area contributed by atoms with Crippen LogP contribution in [0.1, 0.15) is 36.0 Å². The van der Waals surface area contributed by atoms with Crippen molar-refractivity contribution in [2.75, 3.05) is 13.1 Å². The molecule has 0 unspecified atom stereocenters. The van der Waals surface area contributed by atoms with Crippen LogP contribution in [0, 0.1) is 0 Å². The molecule has 0 N–H and O–H groups in total. The van der Waals surface area contributed by atoms with E-state index >= 15 is 0 Å². The fourth-order valence-electron chi connectivity index (χ4n) is 2.10. The Morgan fingerprint density at radius 3 is 2.44 bits per heavy atom. The van der Waals surface area contributed by atoms with E-state index in [-0.39, 0.29) is 5.91 Å². The number of likely N-dealkylation sites (tertiary alicyclic amines) is 1. The summed E-state index contributed by atoms with van der Waals surface area (Å²) in [5.41, 5.74) is 0.759. The quantitative estimate of drug-likeness (QED) is 0.742. The molecule has 1 aromatic carbocycles. The zero-order valence-corrected chi connectivity index (χ0v) is 10.2. The van der Waals surface area contributed by atoms with Gasteiger partial charge in [0.05, 0.1) is 0 Å². The molecule has 1 aliphatic heterocycles. The van der Waals surface area contributed by atoms with E-state index in [1.807, 2.05) is 29.2 Å². The first-order valence-corrected chi connectivity index (χ1v) is 6.30. The van der Waals surface area contributed by atoms with Gasteiger partial charge >= 0.3 is 0 Å². The summed E-state index contributed by atoms with van der Waals surface area (Å²) in [6, 6.07) is 7.49. The van der Waals surface area contributed by atoms with Gasteiger partial charge < -0.3 is 4.90 Å². The zero-order valence-electron chi connectivity index (χ0n) is 9.35. The lowest BCUT2D eigenvalue weighted by Gasteiger charge is -2.20. The van der Waals surface area contributed by atoms with Crippen LogP contribution in [0.25, 0.3) is 0 Å². The molecule has 1 aliphatic rings. The lowest BCUT2D eigenvalue weighted by molar-refractivity contribution is 0.0761. The number of carbonyl (C=O) groups is 1. The van der Waals surface area contributed by atoms with E-state index in [1.54, 1.807) is 0 Å². The predicted octanol–water partition coefficient (Wildman–Crippen LogP) is 2.99. The smallest absolute Gasteiger partial charge is 0.253 e. The summed E-state index contributed by atoms with van der Waals surface area (Å²) in [6.07, 6.45) is 4.76. The molecule has 1 amide bonds. The normalized spacial score (nSPS) is 16.9. The number of hydrogen-bond donors (Lipinski definition) is 1. The SMILES string of the molecule is O=C(c1cccc(S)c1)N1CCCCCC1. The summed E-state index contributed by atoms with van der Waals surface area (Å²) in [5, 5.41) is 0. The molecule has 2 nitrogen and oxygen atoms in total. The van der Waals surface area contributed by atoms with Crippen LogP contribution in [0.2, 0.25) is 0 Å². The van der Waals surface area contributed by atoms with Crippen molar-refractivity contribution in [3.8, 4) is 0 Å². The molecule has 2 rings (SSSR count). The lowest BCUT2D eigenvalue weighted by Crippen LogP contribution is -2.31. The third-order valence-corrected chi connectivity index (χ3v) is 3.26. The fraction of sp³-hybridized carbons (Fsp3) is 0.462. The molecule has 0 bridgehead atoms. The highest BCUT2D eigenvalue weighted by atomic mass is 32.1. The summed E-state index contributed by atoms with van der Waals surface area (Å²) < 4.78 is 0. The van der Waals surface area contributed by atoms with Gasteiger partial charge in [-0.25, -0.2) is 0 Å². The molecule has 3 heteroatoms. The van der Waals surface area contributed by atoms with Gasteiger partial charge in [0.25, 0.3) is 5.91 Å². The molecule has 0 saturated carbocycles. The number of thiol groups is 1. The average Bonchev–Trinajstić information content (AvgIpc) is 2.56. The monoisotopic (exact) mass is 235 g/mol. The van der Waals surface area contributed by atoms with Crippen molar-refractivity contribution in [2.45, 2.75) is 30.6 Å². The number of hydrogen-bond acceptors (Lipinski definition) is 2. The maximum atomic E-state index is 12.2. The summed E-state index contributed by atoms with van der Waals surface area (Å²) in [7, 11) is 0. The van der Waals surface area contributed by atoms with E-state index in [2.05, 4.69) is 12.6 Å². The molecular weight excluding hydrogens is 218 g/mol.